The maximum atomic E-state index is 12.6. The zero-order valence-corrected chi connectivity index (χ0v) is 6.93. The number of halogens is 2. The van der Waals surface area contributed by atoms with Gasteiger partial charge in [0.05, 0.1) is 7.11 Å². The lowest BCUT2D eigenvalue weighted by Gasteiger charge is -2.00. The van der Waals surface area contributed by atoms with Crippen LogP contribution in [0.5, 0.6) is 0 Å². The Balaban J connectivity index is 3.23. The number of carbonyl (C=O) groups is 1. The molecule has 1 rings (SSSR count). The third kappa shape index (κ3) is 1.81. The Kier molecular flexibility index (Phi) is 2.57. The van der Waals surface area contributed by atoms with E-state index in [1.54, 1.807) is 0 Å². The first-order valence-corrected chi connectivity index (χ1v) is 3.45. The Morgan fingerprint density at radius 2 is 1.92 bits per heavy atom. The number of carbonyl (C=O) groups excluding carboxylic acids is 1. The van der Waals surface area contributed by atoms with Gasteiger partial charge in [0, 0.05) is 6.07 Å². The standard InChI is InChI=1S/C8H7F2NO2/c1-13-8(12)4-2-5(9)6(10)3-7(4)11/h2-3H,11H2,1H3/p+1. The fourth-order valence-electron chi connectivity index (χ4n) is 0.888. The van der Waals surface area contributed by atoms with Gasteiger partial charge in [0.2, 0.25) is 0 Å². The summed E-state index contributed by atoms with van der Waals surface area (Å²) in [6.07, 6.45) is 0. The first-order valence-electron chi connectivity index (χ1n) is 3.45. The molecule has 0 unspecified atom stereocenters. The van der Waals surface area contributed by atoms with Gasteiger partial charge in [-0.05, 0) is 6.07 Å². The van der Waals surface area contributed by atoms with Crippen molar-refractivity contribution < 1.29 is 24.0 Å². The normalized spacial score (nSPS) is 9.85. The maximum Gasteiger partial charge on any atom is 0.344 e. The smallest absolute Gasteiger partial charge is 0.344 e. The maximum absolute atomic E-state index is 12.6. The second-order valence-electron chi connectivity index (χ2n) is 2.42. The molecular weight excluding hydrogens is 180 g/mol. The molecule has 0 aliphatic rings. The molecule has 3 nitrogen and oxygen atoms in total. The molecule has 0 bridgehead atoms. The van der Waals surface area contributed by atoms with E-state index in [1.165, 1.54) is 0 Å². The van der Waals surface area contributed by atoms with Gasteiger partial charge in [0.1, 0.15) is 11.3 Å². The van der Waals surface area contributed by atoms with Crippen LogP contribution >= 0.6 is 0 Å². The highest BCUT2D eigenvalue weighted by atomic mass is 19.2. The summed E-state index contributed by atoms with van der Waals surface area (Å²) in [5.74, 6) is -2.85. The molecule has 70 valence electrons. The van der Waals surface area contributed by atoms with Gasteiger partial charge in [-0.1, -0.05) is 0 Å². The van der Waals surface area contributed by atoms with Crippen LogP contribution in [0.2, 0.25) is 0 Å². The summed E-state index contributed by atoms with van der Waals surface area (Å²) < 4.78 is 29.5. The molecule has 3 N–H and O–H groups in total. The summed E-state index contributed by atoms with van der Waals surface area (Å²) in [6, 6.07) is 1.62. The SMILES string of the molecule is COC(=O)c1cc(F)c(F)cc1[NH3+]. The van der Waals surface area contributed by atoms with Gasteiger partial charge in [-0.3, -0.25) is 0 Å². The predicted molar refractivity (Wildman–Crippen MR) is 40.2 cm³/mol. The Bertz CT molecular complexity index is 352. The van der Waals surface area contributed by atoms with E-state index >= 15 is 0 Å². The van der Waals surface area contributed by atoms with Crippen LogP contribution in [0.25, 0.3) is 0 Å². The second-order valence-corrected chi connectivity index (χ2v) is 2.42. The molecule has 0 heterocycles. The second kappa shape index (κ2) is 3.49. The molecule has 0 spiro atoms. The minimum absolute atomic E-state index is 0.0681. The quantitative estimate of drug-likeness (QED) is 0.657. The largest absolute Gasteiger partial charge is 0.465 e. The number of quaternary nitrogens is 1. The third-order valence-electron chi connectivity index (χ3n) is 1.55. The lowest BCUT2D eigenvalue weighted by molar-refractivity contribution is -0.255. The van der Waals surface area contributed by atoms with E-state index in [4.69, 9.17) is 0 Å². The van der Waals surface area contributed by atoms with Crippen molar-refractivity contribution in [1.82, 2.24) is 0 Å². The van der Waals surface area contributed by atoms with E-state index in [1.807, 2.05) is 0 Å². The molecule has 0 aliphatic heterocycles. The van der Waals surface area contributed by atoms with Crippen molar-refractivity contribution in [1.29, 1.82) is 0 Å². The van der Waals surface area contributed by atoms with Crippen LogP contribution in [0.3, 0.4) is 0 Å². The Morgan fingerprint density at radius 1 is 1.38 bits per heavy atom. The highest BCUT2D eigenvalue weighted by Crippen LogP contribution is 2.16. The number of hydrogen-bond acceptors (Lipinski definition) is 2. The van der Waals surface area contributed by atoms with Crippen molar-refractivity contribution in [2.24, 2.45) is 0 Å². The van der Waals surface area contributed by atoms with E-state index in [9.17, 15) is 13.6 Å². The molecule has 0 aromatic heterocycles. The first kappa shape index (κ1) is 9.60. The zero-order chi connectivity index (χ0) is 10.0. The topological polar surface area (TPSA) is 53.9 Å². The molecule has 0 saturated heterocycles. The van der Waals surface area contributed by atoms with E-state index in [0.717, 1.165) is 19.2 Å². The molecule has 0 atom stereocenters. The Morgan fingerprint density at radius 3 is 2.46 bits per heavy atom. The summed E-state index contributed by atoms with van der Waals surface area (Å²) in [6.45, 7) is 0. The van der Waals surface area contributed by atoms with Crippen LogP contribution in [-0.4, -0.2) is 13.1 Å². The highest BCUT2D eigenvalue weighted by Gasteiger charge is 2.16. The molecule has 1 aromatic carbocycles. The van der Waals surface area contributed by atoms with Crippen molar-refractivity contribution in [3.05, 3.63) is 29.3 Å². The molecule has 0 fully saturated rings. The summed E-state index contributed by atoms with van der Waals surface area (Å²) in [7, 11) is 1.16. The molecule has 0 amide bonds. The first-order chi connectivity index (χ1) is 6.06. The van der Waals surface area contributed by atoms with Gasteiger partial charge < -0.3 is 10.5 Å². The van der Waals surface area contributed by atoms with Gasteiger partial charge in [-0.2, -0.15) is 0 Å². The third-order valence-corrected chi connectivity index (χ3v) is 1.55. The molecular formula is C8H8F2NO2+. The minimum Gasteiger partial charge on any atom is -0.465 e. The fourth-order valence-corrected chi connectivity index (χ4v) is 0.888. The Labute approximate surface area is 73.1 Å². The number of esters is 1. The average molecular weight is 188 g/mol. The number of rotatable bonds is 1. The number of hydrogen-bond donors (Lipinski definition) is 1. The van der Waals surface area contributed by atoms with Crippen molar-refractivity contribution in [2.45, 2.75) is 0 Å². The van der Waals surface area contributed by atoms with Crippen LogP contribution in [0.4, 0.5) is 14.5 Å². The zero-order valence-electron chi connectivity index (χ0n) is 6.93. The number of benzene rings is 1. The molecule has 0 saturated carbocycles. The van der Waals surface area contributed by atoms with Gasteiger partial charge in [-0.15, -0.1) is 0 Å². The van der Waals surface area contributed by atoms with E-state index < -0.39 is 17.6 Å². The van der Waals surface area contributed by atoms with Crippen molar-refractivity contribution in [2.75, 3.05) is 7.11 Å². The van der Waals surface area contributed by atoms with Crippen molar-refractivity contribution >= 4 is 11.7 Å². The molecule has 0 radical (unpaired) electrons. The van der Waals surface area contributed by atoms with Gasteiger partial charge >= 0.3 is 5.97 Å². The lowest BCUT2D eigenvalue weighted by atomic mass is 10.2. The summed E-state index contributed by atoms with van der Waals surface area (Å²) in [5.41, 5.74) is 3.42. The monoisotopic (exact) mass is 188 g/mol. The Hall–Kier alpha value is -1.49. The highest BCUT2D eigenvalue weighted by molar-refractivity contribution is 5.93. The summed E-state index contributed by atoms with van der Waals surface area (Å²) in [5, 5.41) is 0. The van der Waals surface area contributed by atoms with Crippen LogP contribution in [-0.2, 0) is 4.74 Å². The van der Waals surface area contributed by atoms with Crippen LogP contribution < -0.4 is 5.73 Å². The van der Waals surface area contributed by atoms with E-state index in [2.05, 4.69) is 10.5 Å². The lowest BCUT2D eigenvalue weighted by Crippen LogP contribution is -2.42. The van der Waals surface area contributed by atoms with Crippen molar-refractivity contribution in [3.8, 4) is 0 Å². The van der Waals surface area contributed by atoms with Gasteiger partial charge in [0.25, 0.3) is 0 Å². The molecule has 13 heavy (non-hydrogen) atoms. The minimum atomic E-state index is -1.09. The predicted octanol–water partition coefficient (Wildman–Crippen LogP) is 0.625. The van der Waals surface area contributed by atoms with Crippen LogP contribution in [0.15, 0.2) is 12.1 Å². The number of ether oxygens (including phenoxy) is 1. The van der Waals surface area contributed by atoms with Gasteiger partial charge in [0.15, 0.2) is 11.6 Å². The average Bonchev–Trinajstić information content (AvgIpc) is 2.10. The fraction of sp³-hybridized carbons (Fsp3) is 0.125. The van der Waals surface area contributed by atoms with E-state index in [0.29, 0.717) is 0 Å². The van der Waals surface area contributed by atoms with E-state index in [-0.39, 0.29) is 11.3 Å². The van der Waals surface area contributed by atoms with Gasteiger partial charge in [-0.25, -0.2) is 13.6 Å². The molecule has 1 aromatic rings. The van der Waals surface area contributed by atoms with Crippen LogP contribution in [0.1, 0.15) is 10.4 Å². The molecule has 0 aliphatic carbocycles. The number of methoxy groups -OCH3 is 1. The summed E-state index contributed by atoms with van der Waals surface area (Å²) in [4.78, 5) is 10.9. The van der Waals surface area contributed by atoms with Crippen LogP contribution in [0, 0.1) is 11.6 Å². The van der Waals surface area contributed by atoms with Crippen molar-refractivity contribution in [3.63, 3.8) is 0 Å². The molecule has 5 heteroatoms. The summed E-state index contributed by atoms with van der Waals surface area (Å²) >= 11 is 0.